The lowest BCUT2D eigenvalue weighted by atomic mass is 9.79. The normalized spacial score (nSPS) is 14.8. The molecule has 0 radical (unpaired) electrons. The van der Waals surface area contributed by atoms with Gasteiger partial charge in [0.1, 0.15) is 0 Å². The maximum Gasteiger partial charge on any atom is 0.165 e. The van der Waals surface area contributed by atoms with E-state index in [1.54, 1.807) is 11.3 Å². The van der Waals surface area contributed by atoms with Crippen molar-refractivity contribution in [2.45, 2.75) is 32.1 Å². The summed E-state index contributed by atoms with van der Waals surface area (Å²) in [6.45, 7) is 4.70. The largest absolute Gasteiger partial charge is 0.208 e. The number of nitrogens with zero attached hydrogens (tertiary/aromatic N) is 3. The first-order valence-electron chi connectivity index (χ1n) is 17.3. The zero-order valence-electron chi connectivity index (χ0n) is 27.9. The van der Waals surface area contributed by atoms with Gasteiger partial charge in [0, 0.05) is 42.3 Å². The highest BCUT2D eigenvalue weighted by Gasteiger charge is 2.37. The molecular weight excluding hydrogens is 627 g/mol. The van der Waals surface area contributed by atoms with Crippen LogP contribution in [0.25, 0.3) is 81.8 Å². The predicted octanol–water partition coefficient (Wildman–Crippen LogP) is 12.5. The molecule has 6 aromatic carbocycles. The highest BCUT2D eigenvalue weighted by molar-refractivity contribution is 7.26. The number of allylic oxidation sites excluding steroid dienone is 4. The van der Waals surface area contributed by atoms with Crippen LogP contribution in [0.15, 0.2) is 145 Å². The van der Waals surface area contributed by atoms with Crippen LogP contribution in [0, 0.1) is 0 Å². The molecule has 0 amide bonds. The minimum atomic E-state index is -0.0834. The van der Waals surface area contributed by atoms with Crippen molar-refractivity contribution in [3.8, 4) is 45.3 Å². The Labute approximate surface area is 295 Å². The monoisotopic (exact) mass is 659 g/mol. The van der Waals surface area contributed by atoms with E-state index in [1.807, 2.05) is 0 Å². The van der Waals surface area contributed by atoms with Crippen LogP contribution < -0.4 is 0 Å². The van der Waals surface area contributed by atoms with Gasteiger partial charge in [-0.2, -0.15) is 0 Å². The van der Waals surface area contributed by atoms with Gasteiger partial charge in [-0.1, -0.05) is 135 Å². The van der Waals surface area contributed by atoms with Gasteiger partial charge in [0.25, 0.3) is 0 Å². The molecule has 238 valence electrons. The van der Waals surface area contributed by atoms with E-state index in [9.17, 15) is 0 Å². The van der Waals surface area contributed by atoms with Crippen LogP contribution >= 0.6 is 11.3 Å². The summed E-state index contributed by atoms with van der Waals surface area (Å²) in [5.74, 6) is 2.05. The average molecular weight is 660 g/mol. The third-order valence-corrected chi connectivity index (χ3v) is 11.9. The molecule has 10 rings (SSSR count). The standard InChI is InChI=1S/C46H33N3S/c1-46(2)39-23-9-7-17-33(39)34-26-25-29(27-40(34)46)43-47-44(37-19-6-5-16-32(37)31-20-11-14-28-13-3-4-15-30(28)31)49-45(48-43)38-22-12-21-36-35-18-8-10-24-41(35)50-42(36)38/h3-6,8-16,18-27H,7,17H2,1-2H3. The molecular formula is C46H33N3S. The molecule has 2 aliphatic rings. The molecule has 0 fully saturated rings. The smallest absolute Gasteiger partial charge is 0.165 e. The third-order valence-electron chi connectivity index (χ3n) is 10.6. The fourth-order valence-corrected chi connectivity index (χ4v) is 9.39. The van der Waals surface area contributed by atoms with Crippen LogP contribution in [-0.2, 0) is 5.41 Å². The zero-order chi connectivity index (χ0) is 33.4. The quantitative estimate of drug-likeness (QED) is 0.189. The summed E-state index contributed by atoms with van der Waals surface area (Å²) in [7, 11) is 0. The number of benzene rings is 6. The van der Waals surface area contributed by atoms with Crippen molar-refractivity contribution in [1.29, 1.82) is 0 Å². The number of fused-ring (bicyclic) bond motifs is 6. The highest BCUT2D eigenvalue weighted by Crippen LogP contribution is 2.51. The van der Waals surface area contributed by atoms with Gasteiger partial charge in [0.2, 0.25) is 0 Å². The minimum Gasteiger partial charge on any atom is -0.208 e. The van der Waals surface area contributed by atoms with E-state index in [4.69, 9.17) is 15.0 Å². The fraction of sp³-hybridized carbons (Fsp3) is 0.109. The van der Waals surface area contributed by atoms with E-state index in [1.165, 1.54) is 53.2 Å². The van der Waals surface area contributed by atoms with Crippen molar-refractivity contribution in [1.82, 2.24) is 15.0 Å². The molecule has 2 heterocycles. The molecule has 50 heavy (non-hydrogen) atoms. The molecule has 4 heteroatoms. The van der Waals surface area contributed by atoms with E-state index in [2.05, 4.69) is 153 Å². The van der Waals surface area contributed by atoms with Crippen LogP contribution in [0.2, 0.25) is 0 Å². The average Bonchev–Trinajstić information content (AvgIpc) is 3.66. The molecule has 0 aliphatic heterocycles. The number of hydrogen-bond acceptors (Lipinski definition) is 4. The summed E-state index contributed by atoms with van der Waals surface area (Å²) in [6.07, 6.45) is 6.84. The second kappa shape index (κ2) is 11.2. The molecule has 2 aliphatic carbocycles. The second-order valence-electron chi connectivity index (χ2n) is 13.9. The minimum absolute atomic E-state index is 0.0834. The second-order valence-corrected chi connectivity index (χ2v) is 14.9. The van der Waals surface area contributed by atoms with Crippen molar-refractivity contribution in [2.24, 2.45) is 0 Å². The van der Waals surface area contributed by atoms with Gasteiger partial charge in [-0.15, -0.1) is 11.3 Å². The predicted molar refractivity (Wildman–Crippen MR) is 210 cm³/mol. The first kappa shape index (κ1) is 29.2. The lowest BCUT2D eigenvalue weighted by Gasteiger charge is -2.24. The van der Waals surface area contributed by atoms with Gasteiger partial charge in [-0.05, 0) is 75.2 Å². The molecule has 0 unspecified atom stereocenters. The Bertz CT molecular complexity index is 2740. The summed E-state index contributed by atoms with van der Waals surface area (Å²) < 4.78 is 2.45. The summed E-state index contributed by atoms with van der Waals surface area (Å²) >= 11 is 1.80. The first-order valence-corrected chi connectivity index (χ1v) is 18.2. The van der Waals surface area contributed by atoms with Crippen LogP contribution in [0.1, 0.15) is 37.8 Å². The molecule has 0 spiro atoms. The van der Waals surface area contributed by atoms with Crippen molar-refractivity contribution < 1.29 is 0 Å². The molecule has 0 N–H and O–H groups in total. The van der Waals surface area contributed by atoms with Gasteiger partial charge in [0.15, 0.2) is 17.5 Å². The van der Waals surface area contributed by atoms with Crippen LogP contribution in [-0.4, -0.2) is 15.0 Å². The molecule has 3 nitrogen and oxygen atoms in total. The Kier molecular flexibility index (Phi) is 6.52. The van der Waals surface area contributed by atoms with Gasteiger partial charge in [-0.3, -0.25) is 0 Å². The summed E-state index contributed by atoms with van der Waals surface area (Å²) in [6, 6.07) is 45.6. The number of aromatic nitrogens is 3. The van der Waals surface area contributed by atoms with Crippen LogP contribution in [0.4, 0.5) is 0 Å². The zero-order valence-corrected chi connectivity index (χ0v) is 28.8. The van der Waals surface area contributed by atoms with Crippen molar-refractivity contribution >= 4 is 47.9 Å². The van der Waals surface area contributed by atoms with E-state index < -0.39 is 0 Å². The lowest BCUT2D eigenvalue weighted by Crippen LogP contribution is -2.16. The Hall–Kier alpha value is -5.71. The van der Waals surface area contributed by atoms with Crippen LogP contribution in [0.5, 0.6) is 0 Å². The molecule has 0 saturated heterocycles. The Balaban J connectivity index is 1.22. The summed E-state index contributed by atoms with van der Waals surface area (Å²) in [4.78, 5) is 15.9. The highest BCUT2D eigenvalue weighted by atomic mass is 32.1. The Morgan fingerprint density at radius 3 is 2.12 bits per heavy atom. The molecule has 2 aromatic heterocycles. The van der Waals surface area contributed by atoms with Gasteiger partial charge in [-0.25, -0.2) is 15.0 Å². The van der Waals surface area contributed by atoms with Crippen LogP contribution in [0.3, 0.4) is 0 Å². The maximum absolute atomic E-state index is 5.31. The molecule has 0 bridgehead atoms. The first-order chi connectivity index (χ1) is 24.5. The van der Waals surface area contributed by atoms with E-state index in [0.717, 1.165) is 40.7 Å². The van der Waals surface area contributed by atoms with E-state index in [-0.39, 0.29) is 5.41 Å². The van der Waals surface area contributed by atoms with E-state index in [0.29, 0.717) is 17.5 Å². The maximum atomic E-state index is 5.31. The van der Waals surface area contributed by atoms with Gasteiger partial charge in [0.05, 0.1) is 0 Å². The fourth-order valence-electron chi connectivity index (χ4n) is 8.18. The van der Waals surface area contributed by atoms with Crippen molar-refractivity contribution in [2.75, 3.05) is 0 Å². The number of thiophene rings is 1. The topological polar surface area (TPSA) is 38.7 Å². The van der Waals surface area contributed by atoms with Crippen molar-refractivity contribution in [3.05, 3.63) is 156 Å². The van der Waals surface area contributed by atoms with Gasteiger partial charge >= 0.3 is 0 Å². The lowest BCUT2D eigenvalue weighted by molar-refractivity contribution is 0.651. The number of rotatable bonds is 4. The molecule has 0 saturated carbocycles. The van der Waals surface area contributed by atoms with Gasteiger partial charge < -0.3 is 0 Å². The summed E-state index contributed by atoms with van der Waals surface area (Å²) in [5, 5.41) is 4.90. The van der Waals surface area contributed by atoms with Crippen molar-refractivity contribution in [3.63, 3.8) is 0 Å². The van der Waals surface area contributed by atoms with E-state index >= 15 is 0 Å². The molecule has 0 atom stereocenters. The molecule has 8 aromatic rings. The Morgan fingerprint density at radius 2 is 1.22 bits per heavy atom. The Morgan fingerprint density at radius 1 is 0.560 bits per heavy atom. The number of hydrogen-bond donors (Lipinski definition) is 0. The summed E-state index contributed by atoms with van der Waals surface area (Å²) in [5.41, 5.74) is 10.8. The third kappa shape index (κ3) is 4.45. The SMILES string of the molecule is CC1(C)C2=C(CCC=C2)c2ccc(-c3nc(-c4ccccc4-c4cccc5ccccc45)nc(-c4cccc5c4sc4ccccc45)n3)cc21.